The lowest BCUT2D eigenvalue weighted by atomic mass is 10.1. The highest BCUT2D eigenvalue weighted by molar-refractivity contribution is 5.46. The molecule has 2 rings (SSSR count). The average molecular weight is 215 g/mol. The Hall–Kier alpha value is -1.46. The van der Waals surface area contributed by atoms with Gasteiger partial charge in [-0.1, -0.05) is 18.8 Å². The summed E-state index contributed by atoms with van der Waals surface area (Å²) in [7, 11) is 0. The molecule has 2 atom stereocenters. The van der Waals surface area contributed by atoms with Gasteiger partial charge < -0.3 is 10.5 Å². The van der Waals surface area contributed by atoms with Crippen molar-refractivity contribution in [1.29, 1.82) is 0 Å². The fourth-order valence-electron chi connectivity index (χ4n) is 1.78. The van der Waals surface area contributed by atoms with Crippen LogP contribution in [0.1, 0.15) is 31.4 Å². The van der Waals surface area contributed by atoms with Gasteiger partial charge in [0.2, 0.25) is 0 Å². The predicted molar refractivity (Wildman–Crippen MR) is 65.4 cm³/mol. The first-order valence-electron chi connectivity index (χ1n) is 5.75. The van der Waals surface area contributed by atoms with Crippen molar-refractivity contribution < 1.29 is 4.74 Å². The molecule has 16 heavy (non-hydrogen) atoms. The van der Waals surface area contributed by atoms with E-state index in [-0.39, 0.29) is 12.1 Å². The van der Waals surface area contributed by atoms with Crippen LogP contribution in [0, 0.1) is 11.8 Å². The minimum Gasteiger partial charge on any atom is -0.490 e. The smallest absolute Gasteiger partial charge is 0.123 e. The highest BCUT2D eigenvalue weighted by atomic mass is 16.5. The molecule has 0 aliphatic carbocycles. The molecule has 2 N–H and O–H groups in total. The molecule has 1 aliphatic heterocycles. The van der Waals surface area contributed by atoms with E-state index in [0.717, 1.165) is 24.2 Å². The summed E-state index contributed by atoms with van der Waals surface area (Å²) in [4.78, 5) is 0. The van der Waals surface area contributed by atoms with E-state index in [1.807, 2.05) is 19.1 Å². The maximum absolute atomic E-state index is 5.76. The Bertz CT molecular complexity index is 442. The second kappa shape index (κ2) is 4.59. The van der Waals surface area contributed by atoms with Gasteiger partial charge in [-0.15, -0.1) is 0 Å². The van der Waals surface area contributed by atoms with Gasteiger partial charge in [0.05, 0.1) is 6.04 Å². The second-order valence-corrected chi connectivity index (χ2v) is 4.24. The predicted octanol–water partition coefficient (Wildman–Crippen LogP) is 2.10. The largest absolute Gasteiger partial charge is 0.490 e. The fraction of sp³-hybridized carbons (Fsp3) is 0.429. The lowest BCUT2D eigenvalue weighted by Crippen LogP contribution is -2.15. The molecular weight excluding hydrogens is 198 g/mol. The SMILES string of the molecule is CCC(N)C#Cc1ccc2c(c1)CC(C)O2. The van der Waals surface area contributed by atoms with Crippen LogP contribution in [-0.4, -0.2) is 12.1 Å². The fourth-order valence-corrected chi connectivity index (χ4v) is 1.78. The van der Waals surface area contributed by atoms with Crippen LogP contribution in [0.5, 0.6) is 5.75 Å². The topological polar surface area (TPSA) is 35.2 Å². The third kappa shape index (κ3) is 2.37. The van der Waals surface area contributed by atoms with Crippen LogP contribution in [0.15, 0.2) is 18.2 Å². The molecule has 0 saturated carbocycles. The summed E-state index contributed by atoms with van der Waals surface area (Å²) in [5.74, 6) is 7.15. The standard InChI is InChI=1S/C14H17NO/c1-3-13(15)6-4-11-5-7-14-12(9-11)8-10(2)16-14/h5,7,9-10,13H,3,8,15H2,1-2H3. The third-order valence-electron chi connectivity index (χ3n) is 2.74. The van der Waals surface area contributed by atoms with Gasteiger partial charge in [-0.2, -0.15) is 0 Å². The number of ether oxygens (including phenoxy) is 1. The van der Waals surface area contributed by atoms with Crippen molar-refractivity contribution in [1.82, 2.24) is 0 Å². The number of nitrogens with two attached hydrogens (primary N) is 1. The molecule has 2 heteroatoms. The molecule has 2 unspecified atom stereocenters. The quantitative estimate of drug-likeness (QED) is 0.728. The van der Waals surface area contributed by atoms with Crippen LogP contribution in [0.3, 0.4) is 0 Å². The normalized spacial score (nSPS) is 19.3. The first-order valence-corrected chi connectivity index (χ1v) is 5.75. The van der Waals surface area contributed by atoms with E-state index >= 15 is 0 Å². The van der Waals surface area contributed by atoms with E-state index in [9.17, 15) is 0 Å². The van der Waals surface area contributed by atoms with Gasteiger partial charge in [0.1, 0.15) is 11.9 Å². The van der Waals surface area contributed by atoms with E-state index in [0.29, 0.717) is 0 Å². The Kier molecular flexibility index (Phi) is 3.17. The molecule has 0 fully saturated rings. The van der Waals surface area contributed by atoms with Crippen molar-refractivity contribution in [2.24, 2.45) is 5.73 Å². The Labute approximate surface area is 96.8 Å². The van der Waals surface area contributed by atoms with E-state index < -0.39 is 0 Å². The minimum absolute atomic E-state index is 0.0246. The zero-order chi connectivity index (χ0) is 11.5. The number of benzene rings is 1. The van der Waals surface area contributed by atoms with Gasteiger partial charge in [-0.25, -0.2) is 0 Å². The summed E-state index contributed by atoms with van der Waals surface area (Å²) in [6.07, 6.45) is 2.15. The van der Waals surface area contributed by atoms with Gasteiger partial charge in [-0.05, 0) is 37.1 Å². The van der Waals surface area contributed by atoms with Crippen molar-refractivity contribution in [3.05, 3.63) is 29.3 Å². The first kappa shape index (κ1) is 11.0. The van der Waals surface area contributed by atoms with Crippen molar-refractivity contribution in [3.63, 3.8) is 0 Å². The monoisotopic (exact) mass is 215 g/mol. The average Bonchev–Trinajstić information content (AvgIpc) is 2.65. The van der Waals surface area contributed by atoms with E-state index in [1.165, 1.54) is 5.56 Å². The van der Waals surface area contributed by atoms with Crippen LogP contribution in [-0.2, 0) is 6.42 Å². The molecular formula is C14H17NO. The molecule has 0 bridgehead atoms. The molecule has 2 nitrogen and oxygen atoms in total. The first-order chi connectivity index (χ1) is 7.69. The van der Waals surface area contributed by atoms with E-state index in [1.54, 1.807) is 0 Å². The molecule has 0 amide bonds. The maximum Gasteiger partial charge on any atom is 0.123 e. The molecule has 0 aromatic heterocycles. The maximum atomic E-state index is 5.76. The molecule has 0 saturated heterocycles. The van der Waals surface area contributed by atoms with Crippen LogP contribution >= 0.6 is 0 Å². The lowest BCUT2D eigenvalue weighted by molar-refractivity contribution is 0.254. The minimum atomic E-state index is -0.0246. The summed E-state index contributed by atoms with van der Waals surface area (Å²) in [5, 5.41) is 0. The van der Waals surface area contributed by atoms with Crippen molar-refractivity contribution in [2.45, 2.75) is 38.8 Å². The Morgan fingerprint density at radius 3 is 3.12 bits per heavy atom. The third-order valence-corrected chi connectivity index (χ3v) is 2.74. The van der Waals surface area contributed by atoms with Gasteiger partial charge in [0.25, 0.3) is 0 Å². The zero-order valence-electron chi connectivity index (χ0n) is 9.79. The molecule has 84 valence electrons. The Balaban J connectivity index is 2.19. The van der Waals surface area contributed by atoms with Gasteiger partial charge in [0, 0.05) is 12.0 Å². The van der Waals surface area contributed by atoms with Gasteiger partial charge in [0.15, 0.2) is 0 Å². The molecule has 1 aromatic carbocycles. The summed E-state index contributed by atoms with van der Waals surface area (Å²) in [5.41, 5.74) is 8.04. The van der Waals surface area contributed by atoms with E-state index in [4.69, 9.17) is 10.5 Å². The Morgan fingerprint density at radius 1 is 1.56 bits per heavy atom. The van der Waals surface area contributed by atoms with E-state index in [2.05, 4.69) is 24.8 Å². The highest BCUT2D eigenvalue weighted by Crippen LogP contribution is 2.28. The number of rotatable bonds is 1. The number of hydrogen-bond donors (Lipinski definition) is 1. The van der Waals surface area contributed by atoms with Crippen LogP contribution in [0.25, 0.3) is 0 Å². The summed E-state index contributed by atoms with van der Waals surface area (Å²) in [6.45, 7) is 4.12. The molecule has 0 spiro atoms. The summed E-state index contributed by atoms with van der Waals surface area (Å²) in [6, 6.07) is 6.07. The van der Waals surface area contributed by atoms with Crippen LogP contribution in [0.2, 0.25) is 0 Å². The summed E-state index contributed by atoms with van der Waals surface area (Å²) < 4.78 is 5.64. The second-order valence-electron chi connectivity index (χ2n) is 4.24. The molecule has 0 radical (unpaired) electrons. The summed E-state index contributed by atoms with van der Waals surface area (Å²) >= 11 is 0. The zero-order valence-corrected chi connectivity index (χ0v) is 9.79. The molecule has 1 aromatic rings. The highest BCUT2D eigenvalue weighted by Gasteiger charge is 2.18. The number of fused-ring (bicyclic) bond motifs is 1. The van der Waals surface area contributed by atoms with Crippen LogP contribution < -0.4 is 10.5 Å². The lowest BCUT2D eigenvalue weighted by Gasteiger charge is -2.01. The van der Waals surface area contributed by atoms with Crippen molar-refractivity contribution in [3.8, 4) is 17.6 Å². The Morgan fingerprint density at radius 2 is 2.38 bits per heavy atom. The molecule has 1 aliphatic rings. The van der Waals surface area contributed by atoms with Crippen molar-refractivity contribution >= 4 is 0 Å². The molecule has 1 heterocycles. The van der Waals surface area contributed by atoms with Crippen molar-refractivity contribution in [2.75, 3.05) is 0 Å². The van der Waals surface area contributed by atoms with Gasteiger partial charge in [-0.3, -0.25) is 0 Å². The van der Waals surface area contributed by atoms with Crippen LogP contribution in [0.4, 0.5) is 0 Å². The number of hydrogen-bond acceptors (Lipinski definition) is 2. The van der Waals surface area contributed by atoms with Gasteiger partial charge >= 0.3 is 0 Å².